The lowest BCUT2D eigenvalue weighted by molar-refractivity contribution is 0.608. The second-order valence-electron chi connectivity index (χ2n) is 4.71. The number of benzene rings is 2. The van der Waals surface area contributed by atoms with Crippen LogP contribution in [0, 0.1) is 12.7 Å². The minimum Gasteiger partial charge on any atom is -0.370 e. The predicted octanol–water partition coefficient (Wildman–Crippen LogP) is 4.67. The summed E-state index contributed by atoms with van der Waals surface area (Å²) in [4.78, 5) is 2.08. The van der Waals surface area contributed by atoms with E-state index >= 15 is 0 Å². The maximum Gasteiger partial charge on any atom is 0.128 e. The third-order valence-electron chi connectivity index (χ3n) is 3.16. The van der Waals surface area contributed by atoms with Crippen molar-refractivity contribution >= 4 is 21.6 Å². The van der Waals surface area contributed by atoms with Gasteiger partial charge in [-0.15, -0.1) is 0 Å². The Morgan fingerprint density at radius 2 is 1.84 bits per heavy atom. The van der Waals surface area contributed by atoms with E-state index in [0.29, 0.717) is 12.1 Å². The molecule has 0 spiro atoms. The van der Waals surface area contributed by atoms with E-state index in [9.17, 15) is 4.39 Å². The Bertz CT molecular complexity index is 568. The monoisotopic (exact) mass is 321 g/mol. The third kappa shape index (κ3) is 3.35. The summed E-state index contributed by atoms with van der Waals surface area (Å²) in [6.07, 6.45) is 0. The SMILES string of the molecule is Cc1ccc(N(C)Cc2ccccc2F)c(CBr)c1. The summed E-state index contributed by atoms with van der Waals surface area (Å²) in [5, 5.41) is 0.797. The van der Waals surface area contributed by atoms with Gasteiger partial charge in [-0.05, 0) is 24.6 Å². The molecule has 0 heterocycles. The van der Waals surface area contributed by atoms with Crippen LogP contribution in [0.3, 0.4) is 0 Å². The van der Waals surface area contributed by atoms with Crippen LogP contribution in [0.2, 0.25) is 0 Å². The fraction of sp³-hybridized carbons (Fsp3) is 0.250. The summed E-state index contributed by atoms with van der Waals surface area (Å²) in [5.41, 5.74) is 4.30. The fourth-order valence-electron chi connectivity index (χ4n) is 2.16. The van der Waals surface area contributed by atoms with E-state index in [-0.39, 0.29) is 5.82 Å². The quantitative estimate of drug-likeness (QED) is 0.740. The summed E-state index contributed by atoms with van der Waals surface area (Å²) < 4.78 is 13.7. The standard InChI is InChI=1S/C16H17BrFN/c1-12-7-8-16(14(9-12)10-17)19(2)11-13-5-3-4-6-15(13)18/h3-9H,10-11H2,1-2H3. The highest BCUT2D eigenvalue weighted by molar-refractivity contribution is 9.08. The van der Waals surface area contributed by atoms with Crippen molar-refractivity contribution in [2.45, 2.75) is 18.8 Å². The lowest BCUT2D eigenvalue weighted by Crippen LogP contribution is -2.18. The molecule has 0 saturated heterocycles. The third-order valence-corrected chi connectivity index (χ3v) is 3.76. The van der Waals surface area contributed by atoms with Crippen LogP contribution in [0.25, 0.3) is 0 Å². The Kier molecular flexibility index (Phi) is 4.59. The highest BCUT2D eigenvalue weighted by atomic mass is 79.9. The first kappa shape index (κ1) is 14.1. The Labute approximate surface area is 122 Å². The van der Waals surface area contributed by atoms with Gasteiger partial charge in [0.25, 0.3) is 0 Å². The summed E-state index contributed by atoms with van der Waals surface area (Å²) in [5.74, 6) is -0.151. The summed E-state index contributed by atoms with van der Waals surface area (Å²) >= 11 is 3.51. The van der Waals surface area contributed by atoms with Crippen LogP contribution < -0.4 is 4.90 Å². The number of hydrogen-bond acceptors (Lipinski definition) is 1. The second-order valence-corrected chi connectivity index (χ2v) is 5.27. The van der Waals surface area contributed by atoms with Crippen LogP contribution >= 0.6 is 15.9 Å². The number of hydrogen-bond donors (Lipinski definition) is 0. The van der Waals surface area contributed by atoms with Gasteiger partial charge in [-0.2, -0.15) is 0 Å². The van der Waals surface area contributed by atoms with Crippen LogP contribution in [-0.4, -0.2) is 7.05 Å². The molecule has 0 N–H and O–H groups in total. The molecule has 2 rings (SSSR count). The Morgan fingerprint density at radius 3 is 2.53 bits per heavy atom. The van der Waals surface area contributed by atoms with Crippen molar-refractivity contribution in [3.05, 3.63) is 65.0 Å². The van der Waals surface area contributed by atoms with E-state index < -0.39 is 0 Å². The molecule has 19 heavy (non-hydrogen) atoms. The lowest BCUT2D eigenvalue weighted by Gasteiger charge is -2.22. The van der Waals surface area contributed by atoms with Crippen molar-refractivity contribution < 1.29 is 4.39 Å². The second kappa shape index (κ2) is 6.20. The van der Waals surface area contributed by atoms with Crippen molar-refractivity contribution in [2.24, 2.45) is 0 Å². The number of aryl methyl sites for hydroxylation is 1. The maximum absolute atomic E-state index is 13.7. The van der Waals surface area contributed by atoms with Gasteiger partial charge in [-0.1, -0.05) is 51.8 Å². The Balaban J connectivity index is 2.25. The van der Waals surface area contributed by atoms with E-state index in [1.807, 2.05) is 19.2 Å². The largest absolute Gasteiger partial charge is 0.370 e. The van der Waals surface area contributed by atoms with Crippen molar-refractivity contribution in [1.29, 1.82) is 0 Å². The molecule has 0 amide bonds. The highest BCUT2D eigenvalue weighted by Crippen LogP contribution is 2.25. The van der Waals surface area contributed by atoms with Crippen molar-refractivity contribution in [3.63, 3.8) is 0 Å². The van der Waals surface area contributed by atoms with Gasteiger partial charge in [-0.3, -0.25) is 0 Å². The van der Waals surface area contributed by atoms with Crippen molar-refractivity contribution in [1.82, 2.24) is 0 Å². The van der Waals surface area contributed by atoms with Gasteiger partial charge < -0.3 is 4.90 Å². The summed E-state index contributed by atoms with van der Waals surface area (Å²) in [7, 11) is 1.99. The lowest BCUT2D eigenvalue weighted by atomic mass is 10.1. The normalized spacial score (nSPS) is 10.5. The van der Waals surface area contributed by atoms with Crippen LogP contribution in [0.4, 0.5) is 10.1 Å². The average Bonchev–Trinajstić information content (AvgIpc) is 2.41. The molecule has 0 aliphatic heterocycles. The van der Waals surface area contributed by atoms with E-state index in [1.165, 1.54) is 17.2 Å². The summed E-state index contributed by atoms with van der Waals surface area (Å²) in [6, 6.07) is 13.2. The molecule has 0 radical (unpaired) electrons. The van der Waals surface area contributed by atoms with Crippen LogP contribution in [0.1, 0.15) is 16.7 Å². The van der Waals surface area contributed by atoms with Gasteiger partial charge >= 0.3 is 0 Å². The molecular formula is C16H17BrFN. The van der Waals surface area contributed by atoms with Crippen molar-refractivity contribution in [2.75, 3.05) is 11.9 Å². The van der Waals surface area contributed by atoms with Gasteiger partial charge in [0.1, 0.15) is 5.82 Å². The van der Waals surface area contributed by atoms with Gasteiger partial charge in [0.2, 0.25) is 0 Å². The Morgan fingerprint density at radius 1 is 1.11 bits per heavy atom. The zero-order valence-electron chi connectivity index (χ0n) is 11.2. The van der Waals surface area contributed by atoms with Crippen molar-refractivity contribution in [3.8, 4) is 0 Å². The molecule has 100 valence electrons. The molecule has 0 atom stereocenters. The highest BCUT2D eigenvalue weighted by Gasteiger charge is 2.09. The average molecular weight is 322 g/mol. The maximum atomic E-state index is 13.7. The van der Waals surface area contributed by atoms with Crippen LogP contribution in [0.5, 0.6) is 0 Å². The van der Waals surface area contributed by atoms with E-state index in [4.69, 9.17) is 0 Å². The van der Waals surface area contributed by atoms with Gasteiger partial charge in [-0.25, -0.2) is 4.39 Å². The molecule has 1 nitrogen and oxygen atoms in total. The van der Waals surface area contributed by atoms with E-state index in [1.54, 1.807) is 6.07 Å². The predicted molar refractivity (Wildman–Crippen MR) is 82.3 cm³/mol. The van der Waals surface area contributed by atoms with Gasteiger partial charge in [0, 0.05) is 30.2 Å². The van der Waals surface area contributed by atoms with Gasteiger partial charge in [0.05, 0.1) is 0 Å². The number of halogens is 2. The zero-order chi connectivity index (χ0) is 13.8. The van der Waals surface area contributed by atoms with E-state index in [2.05, 4.69) is 46.0 Å². The molecule has 3 heteroatoms. The molecule has 0 aliphatic rings. The minimum atomic E-state index is -0.151. The Hall–Kier alpha value is -1.35. The van der Waals surface area contributed by atoms with Crippen LogP contribution in [-0.2, 0) is 11.9 Å². The zero-order valence-corrected chi connectivity index (χ0v) is 12.7. The van der Waals surface area contributed by atoms with Crippen LogP contribution in [0.15, 0.2) is 42.5 Å². The van der Waals surface area contributed by atoms with E-state index in [0.717, 1.165) is 11.0 Å². The molecule has 0 fully saturated rings. The number of alkyl halides is 1. The molecule has 0 aromatic heterocycles. The first-order chi connectivity index (χ1) is 9.11. The molecule has 0 unspecified atom stereocenters. The first-order valence-electron chi connectivity index (χ1n) is 6.22. The van der Waals surface area contributed by atoms with Gasteiger partial charge in [0.15, 0.2) is 0 Å². The molecular weight excluding hydrogens is 305 g/mol. The minimum absolute atomic E-state index is 0.151. The molecule has 2 aromatic carbocycles. The summed E-state index contributed by atoms with van der Waals surface area (Å²) in [6.45, 7) is 2.64. The molecule has 0 aliphatic carbocycles. The molecule has 0 saturated carbocycles. The number of rotatable bonds is 4. The molecule has 2 aromatic rings. The molecule has 0 bridgehead atoms. The first-order valence-corrected chi connectivity index (χ1v) is 7.34. The smallest absolute Gasteiger partial charge is 0.128 e. The topological polar surface area (TPSA) is 3.24 Å². The number of nitrogens with zero attached hydrogens (tertiary/aromatic N) is 1. The fourth-order valence-corrected chi connectivity index (χ4v) is 2.61. The number of anilines is 1.